The largest absolute Gasteiger partial charge is 0.437 e. The van der Waals surface area contributed by atoms with Crippen LogP contribution >= 0.6 is 11.6 Å². The Morgan fingerprint density at radius 1 is 1.41 bits per heavy atom. The molecule has 0 radical (unpaired) electrons. The summed E-state index contributed by atoms with van der Waals surface area (Å²) in [5.41, 5.74) is 0.410. The summed E-state index contributed by atoms with van der Waals surface area (Å²) < 4.78 is 12.6. The quantitative estimate of drug-likeness (QED) is 0.512. The van der Waals surface area contributed by atoms with E-state index in [4.69, 9.17) is 11.6 Å². The Hall–Kier alpha value is -1.62. The molecule has 1 aromatic rings. The lowest BCUT2D eigenvalue weighted by Gasteiger charge is -2.03. The summed E-state index contributed by atoms with van der Waals surface area (Å²) in [6.07, 6.45) is -0.782. The highest BCUT2D eigenvalue weighted by Gasteiger charge is 2.06. The highest BCUT2D eigenvalue weighted by atomic mass is 35.5. The fourth-order valence-corrected chi connectivity index (χ4v) is 0.899. The van der Waals surface area contributed by atoms with Gasteiger partial charge in [0.25, 0.3) is 0 Å². The van der Waals surface area contributed by atoms with Gasteiger partial charge >= 0.3 is 6.09 Å². The van der Waals surface area contributed by atoms with E-state index < -0.39 is 6.09 Å². The highest BCUT2D eigenvalue weighted by Crippen LogP contribution is 2.09. The van der Waals surface area contributed by atoms with Crippen molar-refractivity contribution >= 4 is 28.6 Å². The van der Waals surface area contributed by atoms with Crippen molar-refractivity contribution in [3.05, 3.63) is 30.1 Å². The number of carbonyl (C=O) groups is 1. The molecule has 0 aromatic heterocycles. The number of hydrogen-bond acceptors (Lipinski definition) is 3. The van der Waals surface area contributed by atoms with E-state index >= 15 is 0 Å². The first-order valence-corrected chi connectivity index (χ1v) is 5.34. The van der Waals surface area contributed by atoms with Gasteiger partial charge < -0.3 is 0 Å². The van der Waals surface area contributed by atoms with Crippen LogP contribution in [0.4, 0.5) is 14.9 Å². The number of nitrogens with one attached hydrogen (secondary N) is 1. The first kappa shape index (κ1) is 13.4. The summed E-state index contributed by atoms with van der Waals surface area (Å²) >= 11 is 5.68. The van der Waals surface area contributed by atoms with Crippen molar-refractivity contribution in [2.75, 3.05) is 5.32 Å². The topological polar surface area (TPSA) is 50.7 Å². The first-order chi connectivity index (χ1) is 7.99. The number of carbonyl (C=O) groups excluding carboxylic acids is 1. The van der Waals surface area contributed by atoms with E-state index in [-0.39, 0.29) is 16.9 Å². The number of nitrogens with zero attached hydrogens (tertiary/aromatic N) is 1. The molecule has 92 valence electrons. The Bertz CT molecular complexity index is 418. The molecular formula is C11H12ClFN2O2. The molecule has 0 heterocycles. The van der Waals surface area contributed by atoms with E-state index in [0.29, 0.717) is 5.69 Å². The number of benzene rings is 1. The van der Waals surface area contributed by atoms with Gasteiger partial charge in [0.2, 0.25) is 0 Å². The summed E-state index contributed by atoms with van der Waals surface area (Å²) in [6, 6.07) is 5.26. The minimum Gasteiger partial charge on any atom is -0.297 e. The lowest BCUT2D eigenvalue weighted by atomic mass is 10.2. The van der Waals surface area contributed by atoms with E-state index in [9.17, 15) is 9.18 Å². The van der Waals surface area contributed by atoms with Gasteiger partial charge in [0.15, 0.2) is 0 Å². The average molecular weight is 259 g/mol. The minimum atomic E-state index is -0.782. The van der Waals surface area contributed by atoms with E-state index in [1.54, 1.807) is 0 Å². The van der Waals surface area contributed by atoms with E-state index in [1.165, 1.54) is 24.3 Å². The Morgan fingerprint density at radius 2 is 2.00 bits per heavy atom. The first-order valence-electron chi connectivity index (χ1n) is 4.96. The van der Waals surface area contributed by atoms with E-state index in [0.717, 1.165) is 0 Å². The Labute approximate surface area is 103 Å². The lowest BCUT2D eigenvalue weighted by molar-refractivity contribution is 0.166. The van der Waals surface area contributed by atoms with Gasteiger partial charge in [-0.2, -0.15) is 0 Å². The zero-order chi connectivity index (χ0) is 12.8. The average Bonchev–Trinajstić information content (AvgIpc) is 2.29. The minimum absolute atomic E-state index is 0.0183. The van der Waals surface area contributed by atoms with E-state index in [2.05, 4.69) is 15.3 Å². The van der Waals surface area contributed by atoms with Gasteiger partial charge in [-0.15, -0.1) is 0 Å². The maximum absolute atomic E-state index is 12.6. The molecule has 0 spiro atoms. The Balaban J connectivity index is 2.50. The number of oxime groups is 1. The van der Waals surface area contributed by atoms with Crippen LogP contribution in [0, 0.1) is 11.7 Å². The summed E-state index contributed by atoms with van der Waals surface area (Å²) in [5, 5.41) is 6.00. The van der Waals surface area contributed by atoms with Crippen molar-refractivity contribution in [1.29, 1.82) is 0 Å². The number of halogens is 2. The van der Waals surface area contributed by atoms with Crippen molar-refractivity contribution < 1.29 is 14.0 Å². The van der Waals surface area contributed by atoms with E-state index in [1.807, 2.05) is 13.8 Å². The monoisotopic (exact) mass is 258 g/mol. The maximum Gasteiger partial charge on any atom is 0.437 e. The van der Waals surface area contributed by atoms with Crippen LogP contribution in [0.2, 0.25) is 0 Å². The summed E-state index contributed by atoms with van der Waals surface area (Å²) in [4.78, 5) is 15.7. The second-order valence-corrected chi connectivity index (χ2v) is 3.97. The Morgan fingerprint density at radius 3 is 2.53 bits per heavy atom. The standard InChI is InChI=1S/C11H12ClFN2O2/c1-7(2)10(12)15-17-11(16)14-9-5-3-8(13)4-6-9/h3-7H,1-2H3,(H,14,16)/b15-10-. The highest BCUT2D eigenvalue weighted by molar-refractivity contribution is 6.65. The molecule has 0 aliphatic carbocycles. The number of amides is 1. The van der Waals surface area contributed by atoms with Crippen molar-refractivity contribution in [1.82, 2.24) is 0 Å². The van der Waals surface area contributed by atoms with Gasteiger partial charge in [0.1, 0.15) is 11.0 Å². The van der Waals surface area contributed by atoms with Gasteiger partial charge in [-0.1, -0.05) is 30.6 Å². The van der Waals surface area contributed by atoms with Crippen LogP contribution in [-0.4, -0.2) is 11.3 Å². The molecule has 0 saturated carbocycles. The van der Waals surface area contributed by atoms with Crippen molar-refractivity contribution in [3.8, 4) is 0 Å². The van der Waals surface area contributed by atoms with Gasteiger partial charge in [-0.25, -0.2) is 9.18 Å². The summed E-state index contributed by atoms with van der Waals surface area (Å²) in [7, 11) is 0. The molecular weight excluding hydrogens is 247 g/mol. The molecule has 1 aromatic carbocycles. The van der Waals surface area contributed by atoms with Gasteiger partial charge in [-0.3, -0.25) is 10.2 Å². The predicted molar refractivity (Wildman–Crippen MR) is 64.6 cm³/mol. The van der Waals surface area contributed by atoms with Crippen LogP contribution < -0.4 is 5.32 Å². The molecule has 0 fully saturated rings. The van der Waals surface area contributed by atoms with Crippen molar-refractivity contribution in [2.24, 2.45) is 11.1 Å². The van der Waals surface area contributed by atoms with Gasteiger partial charge in [0.05, 0.1) is 0 Å². The van der Waals surface area contributed by atoms with Crippen LogP contribution in [0.5, 0.6) is 0 Å². The fraction of sp³-hybridized carbons (Fsp3) is 0.273. The van der Waals surface area contributed by atoms with Crippen LogP contribution in [0.25, 0.3) is 0 Å². The smallest absolute Gasteiger partial charge is 0.297 e. The second-order valence-electron chi connectivity index (χ2n) is 3.58. The summed E-state index contributed by atoms with van der Waals surface area (Å²) in [6.45, 7) is 3.63. The molecule has 1 amide bonds. The number of anilines is 1. The molecule has 0 aliphatic heterocycles. The summed E-state index contributed by atoms with van der Waals surface area (Å²) in [5.74, 6) is -0.403. The zero-order valence-corrected chi connectivity index (χ0v) is 10.2. The maximum atomic E-state index is 12.6. The van der Waals surface area contributed by atoms with Crippen LogP contribution in [0.15, 0.2) is 29.4 Å². The number of rotatable bonds is 3. The molecule has 1 N–H and O–H groups in total. The second kappa shape index (κ2) is 6.20. The molecule has 6 heteroatoms. The normalized spacial score (nSPS) is 11.5. The van der Waals surface area contributed by atoms with Crippen molar-refractivity contribution in [2.45, 2.75) is 13.8 Å². The Kier molecular flexibility index (Phi) is 4.90. The predicted octanol–water partition coefficient (Wildman–Crippen LogP) is 3.58. The fourth-order valence-electron chi connectivity index (χ4n) is 0.864. The third-order valence-electron chi connectivity index (χ3n) is 1.78. The molecule has 0 atom stereocenters. The van der Waals surface area contributed by atoms with Gasteiger partial charge in [0, 0.05) is 11.6 Å². The molecule has 1 rings (SSSR count). The lowest BCUT2D eigenvalue weighted by Crippen LogP contribution is -2.12. The number of hydrogen-bond donors (Lipinski definition) is 1. The molecule has 17 heavy (non-hydrogen) atoms. The zero-order valence-electron chi connectivity index (χ0n) is 9.41. The SMILES string of the molecule is CC(C)/C(Cl)=N/OC(=O)Nc1ccc(F)cc1. The van der Waals surface area contributed by atoms with Crippen LogP contribution in [-0.2, 0) is 4.84 Å². The van der Waals surface area contributed by atoms with Crippen molar-refractivity contribution in [3.63, 3.8) is 0 Å². The van der Waals surface area contributed by atoms with Gasteiger partial charge in [-0.05, 0) is 24.3 Å². The third-order valence-corrected chi connectivity index (χ3v) is 2.29. The molecule has 0 aliphatic rings. The third kappa shape index (κ3) is 4.82. The molecule has 0 saturated heterocycles. The van der Waals surface area contributed by atoms with Crippen LogP contribution in [0.3, 0.4) is 0 Å². The molecule has 0 bridgehead atoms. The van der Waals surface area contributed by atoms with Crippen LogP contribution in [0.1, 0.15) is 13.8 Å². The molecule has 0 unspecified atom stereocenters. The molecule has 4 nitrogen and oxygen atoms in total.